The van der Waals surface area contributed by atoms with Gasteiger partial charge in [-0.2, -0.15) is 0 Å². The third-order valence-electron chi connectivity index (χ3n) is 3.47. The second-order valence-corrected chi connectivity index (χ2v) is 4.02. The van der Waals surface area contributed by atoms with Crippen molar-refractivity contribution >= 4 is 0 Å². The second-order valence-electron chi connectivity index (χ2n) is 4.02. The van der Waals surface area contributed by atoms with Crippen molar-refractivity contribution in [2.24, 2.45) is 5.92 Å². The van der Waals surface area contributed by atoms with E-state index in [1.165, 1.54) is 19.3 Å². The lowest BCUT2D eigenvalue weighted by Crippen LogP contribution is -2.45. The lowest BCUT2D eigenvalue weighted by Gasteiger charge is -2.41. The summed E-state index contributed by atoms with van der Waals surface area (Å²) in [7, 11) is 2.27. The molecule has 3 unspecified atom stereocenters. The molecule has 0 amide bonds. The Morgan fingerprint density at radius 1 is 1.27 bits per heavy atom. The highest BCUT2D eigenvalue weighted by atomic mass is 15.2. The van der Waals surface area contributed by atoms with Gasteiger partial charge in [0.1, 0.15) is 0 Å². The van der Waals surface area contributed by atoms with Crippen molar-refractivity contribution in [1.29, 1.82) is 0 Å². The number of hydrogen-bond donors (Lipinski definition) is 0. The summed E-state index contributed by atoms with van der Waals surface area (Å²) in [6, 6.07) is 1.63. The van der Waals surface area contributed by atoms with Crippen LogP contribution in [-0.2, 0) is 0 Å². The fourth-order valence-electron chi connectivity index (χ4n) is 2.13. The molecule has 0 aromatic carbocycles. The first-order chi connectivity index (χ1) is 5.16. The highest BCUT2D eigenvalue weighted by Gasteiger charge is 2.27. The third-order valence-corrected chi connectivity index (χ3v) is 3.47. The van der Waals surface area contributed by atoms with Gasteiger partial charge < -0.3 is 4.90 Å². The van der Waals surface area contributed by atoms with Gasteiger partial charge in [0.2, 0.25) is 0 Å². The Morgan fingerprint density at radius 2 is 1.91 bits per heavy atom. The molecule has 0 spiro atoms. The summed E-state index contributed by atoms with van der Waals surface area (Å²) in [4.78, 5) is 2.55. The zero-order valence-corrected chi connectivity index (χ0v) is 8.30. The van der Waals surface area contributed by atoms with Crippen LogP contribution < -0.4 is 0 Å². The van der Waals surface area contributed by atoms with Crippen LogP contribution in [0.3, 0.4) is 0 Å². The quantitative estimate of drug-likeness (QED) is 0.562. The Balaban J connectivity index is 2.52. The molecule has 1 heterocycles. The van der Waals surface area contributed by atoms with E-state index in [-0.39, 0.29) is 0 Å². The van der Waals surface area contributed by atoms with Crippen LogP contribution in [0, 0.1) is 5.92 Å². The topological polar surface area (TPSA) is 3.24 Å². The molecule has 0 N–H and O–H groups in total. The molecule has 0 aliphatic carbocycles. The molecule has 1 fully saturated rings. The summed E-state index contributed by atoms with van der Waals surface area (Å²) in [5, 5.41) is 0. The van der Waals surface area contributed by atoms with E-state index in [4.69, 9.17) is 0 Å². The summed E-state index contributed by atoms with van der Waals surface area (Å²) in [5.74, 6) is 0.891. The average Bonchev–Trinajstić information content (AvgIpc) is 2.01. The Hall–Kier alpha value is -0.0400. The van der Waals surface area contributed by atoms with Crippen LogP contribution in [0.4, 0.5) is 0 Å². The van der Waals surface area contributed by atoms with E-state index in [1.807, 2.05) is 0 Å². The molecule has 0 aromatic rings. The number of hydrogen-bond acceptors (Lipinski definition) is 1. The molecule has 0 bridgehead atoms. The summed E-state index contributed by atoms with van der Waals surface area (Å²) < 4.78 is 0. The van der Waals surface area contributed by atoms with E-state index in [9.17, 15) is 0 Å². The van der Waals surface area contributed by atoms with E-state index >= 15 is 0 Å². The normalized spacial score (nSPS) is 40.9. The van der Waals surface area contributed by atoms with Gasteiger partial charge in [0.25, 0.3) is 0 Å². The largest absolute Gasteiger partial charge is 0.300 e. The Labute approximate surface area is 70.8 Å². The minimum Gasteiger partial charge on any atom is -0.300 e. The molecule has 1 aliphatic heterocycles. The number of rotatable bonds is 1. The fraction of sp³-hybridized carbons (Fsp3) is 1.00. The predicted molar refractivity (Wildman–Crippen MR) is 49.7 cm³/mol. The maximum absolute atomic E-state index is 2.55. The van der Waals surface area contributed by atoms with Gasteiger partial charge in [-0.1, -0.05) is 13.8 Å². The monoisotopic (exact) mass is 155 g/mol. The van der Waals surface area contributed by atoms with E-state index in [0.29, 0.717) is 0 Å². The van der Waals surface area contributed by atoms with Crippen LogP contribution in [0.15, 0.2) is 0 Å². The minimum atomic E-state index is 0.786. The molecule has 0 aromatic heterocycles. The number of likely N-dealkylation sites (tertiary alicyclic amines) is 1. The minimum absolute atomic E-state index is 0.786. The van der Waals surface area contributed by atoms with Gasteiger partial charge in [0, 0.05) is 12.1 Å². The van der Waals surface area contributed by atoms with Gasteiger partial charge in [-0.15, -0.1) is 0 Å². The first kappa shape index (κ1) is 9.05. The van der Waals surface area contributed by atoms with Crippen molar-refractivity contribution in [1.82, 2.24) is 4.90 Å². The van der Waals surface area contributed by atoms with Gasteiger partial charge in [-0.05, 0) is 39.2 Å². The van der Waals surface area contributed by atoms with Crippen molar-refractivity contribution in [3.63, 3.8) is 0 Å². The van der Waals surface area contributed by atoms with Gasteiger partial charge in [0.05, 0.1) is 0 Å². The second kappa shape index (κ2) is 3.57. The lowest BCUT2D eigenvalue weighted by molar-refractivity contribution is 0.0809. The summed E-state index contributed by atoms with van der Waals surface area (Å²) in [5.41, 5.74) is 0. The van der Waals surface area contributed by atoms with E-state index in [1.54, 1.807) is 0 Å². The highest BCUT2D eigenvalue weighted by Crippen LogP contribution is 2.27. The molecule has 0 saturated carbocycles. The molecular formula is C10H21N. The van der Waals surface area contributed by atoms with Crippen molar-refractivity contribution in [3.05, 3.63) is 0 Å². The molecule has 1 rings (SSSR count). The molecule has 11 heavy (non-hydrogen) atoms. The highest BCUT2D eigenvalue weighted by molar-refractivity contribution is 4.82. The first-order valence-electron chi connectivity index (χ1n) is 4.88. The van der Waals surface area contributed by atoms with Crippen LogP contribution in [0.1, 0.15) is 40.0 Å². The number of piperidine rings is 1. The van der Waals surface area contributed by atoms with Crippen molar-refractivity contribution in [2.75, 3.05) is 7.05 Å². The van der Waals surface area contributed by atoms with Gasteiger partial charge >= 0.3 is 0 Å². The molecule has 1 aliphatic rings. The van der Waals surface area contributed by atoms with Crippen LogP contribution >= 0.6 is 0 Å². The fourth-order valence-corrected chi connectivity index (χ4v) is 2.13. The lowest BCUT2D eigenvalue weighted by atomic mass is 9.87. The van der Waals surface area contributed by atoms with Crippen molar-refractivity contribution in [2.45, 2.75) is 52.1 Å². The van der Waals surface area contributed by atoms with Crippen LogP contribution in [0.2, 0.25) is 0 Å². The Kier molecular flexibility index (Phi) is 2.94. The van der Waals surface area contributed by atoms with E-state index in [2.05, 4.69) is 32.7 Å². The maximum atomic E-state index is 2.55. The third kappa shape index (κ3) is 1.76. The van der Waals surface area contributed by atoms with Gasteiger partial charge in [-0.3, -0.25) is 0 Å². The van der Waals surface area contributed by atoms with Crippen molar-refractivity contribution < 1.29 is 0 Å². The predicted octanol–water partition coefficient (Wildman–Crippen LogP) is 2.52. The van der Waals surface area contributed by atoms with Gasteiger partial charge in [-0.25, -0.2) is 0 Å². The standard InChI is InChI=1S/C10H21N/c1-5-10-7-6-8(2)9(3)11(10)4/h8-10H,5-7H2,1-4H3. The first-order valence-corrected chi connectivity index (χ1v) is 4.88. The maximum Gasteiger partial charge on any atom is 0.00926 e. The zero-order chi connectivity index (χ0) is 8.43. The summed E-state index contributed by atoms with van der Waals surface area (Å²) in [6.07, 6.45) is 4.14. The van der Waals surface area contributed by atoms with Gasteiger partial charge in [0.15, 0.2) is 0 Å². The zero-order valence-electron chi connectivity index (χ0n) is 8.30. The summed E-state index contributed by atoms with van der Waals surface area (Å²) in [6.45, 7) is 7.02. The van der Waals surface area contributed by atoms with E-state index < -0.39 is 0 Å². The molecule has 66 valence electrons. The molecular weight excluding hydrogens is 134 g/mol. The summed E-state index contributed by atoms with van der Waals surface area (Å²) >= 11 is 0. The SMILES string of the molecule is CCC1CCC(C)C(C)N1C. The molecule has 0 radical (unpaired) electrons. The van der Waals surface area contributed by atoms with Crippen molar-refractivity contribution in [3.8, 4) is 0 Å². The smallest absolute Gasteiger partial charge is 0.00926 e. The molecule has 1 saturated heterocycles. The van der Waals surface area contributed by atoms with Crippen LogP contribution in [0.25, 0.3) is 0 Å². The molecule has 3 atom stereocenters. The average molecular weight is 155 g/mol. The molecule has 1 heteroatoms. The van der Waals surface area contributed by atoms with Crippen LogP contribution in [0.5, 0.6) is 0 Å². The van der Waals surface area contributed by atoms with Crippen LogP contribution in [-0.4, -0.2) is 24.0 Å². The van der Waals surface area contributed by atoms with E-state index in [0.717, 1.165) is 18.0 Å². The number of nitrogens with zero attached hydrogens (tertiary/aromatic N) is 1. The molecule has 1 nitrogen and oxygen atoms in total. The Bertz CT molecular complexity index is 120. The Morgan fingerprint density at radius 3 is 2.45 bits per heavy atom.